The van der Waals surface area contributed by atoms with Crippen LogP contribution in [0.25, 0.3) is 0 Å². The predicted molar refractivity (Wildman–Crippen MR) is 92.6 cm³/mol. The van der Waals surface area contributed by atoms with Crippen LogP contribution in [0.5, 0.6) is 0 Å². The SMILES string of the molecule is CCCCCO.CCCCO.CCCCO.CCCCO.[Ti]. The zero-order chi connectivity index (χ0) is 17.2. The summed E-state index contributed by atoms with van der Waals surface area (Å²) in [6.07, 6.45) is 9.44. The standard InChI is InChI=1S/C5H12O.3C4H10O.Ti/c1-2-3-4-5-6;3*1-2-3-4-5;/h6H,2-5H2,1H3;3*5H,2-4H2,1H3;. The summed E-state index contributed by atoms with van der Waals surface area (Å²) in [5.74, 6) is 0. The van der Waals surface area contributed by atoms with Gasteiger partial charge in [-0.2, -0.15) is 0 Å². The van der Waals surface area contributed by atoms with Crippen LogP contribution in [0.2, 0.25) is 0 Å². The van der Waals surface area contributed by atoms with Gasteiger partial charge in [0.25, 0.3) is 0 Å². The first-order valence-electron chi connectivity index (χ1n) is 8.59. The second kappa shape index (κ2) is 49.6. The molecule has 0 heterocycles. The van der Waals surface area contributed by atoms with Crippen molar-refractivity contribution in [3.05, 3.63) is 0 Å². The van der Waals surface area contributed by atoms with E-state index < -0.39 is 0 Å². The fourth-order valence-electron chi connectivity index (χ4n) is 0.836. The molecule has 0 aromatic heterocycles. The zero-order valence-corrected chi connectivity index (χ0v) is 17.0. The Bertz CT molecular complexity index is 92.6. The molecule has 4 N–H and O–H groups in total. The van der Waals surface area contributed by atoms with Crippen molar-refractivity contribution in [2.75, 3.05) is 26.4 Å². The second-order valence-electron chi connectivity index (χ2n) is 4.66. The number of hydrogen-bond donors (Lipinski definition) is 4. The fraction of sp³-hybridized carbons (Fsp3) is 1.00. The van der Waals surface area contributed by atoms with Crippen molar-refractivity contribution in [2.45, 2.75) is 85.5 Å². The molecule has 22 heavy (non-hydrogen) atoms. The predicted octanol–water partition coefficient (Wildman–Crippen LogP) is 3.50. The van der Waals surface area contributed by atoms with Crippen molar-refractivity contribution < 1.29 is 42.1 Å². The molecule has 0 rings (SSSR count). The molecule has 0 aromatic rings. The first-order chi connectivity index (χ1) is 10.2. The maximum absolute atomic E-state index is 8.20. The van der Waals surface area contributed by atoms with Gasteiger partial charge in [0.2, 0.25) is 0 Å². The minimum Gasteiger partial charge on any atom is -0.396 e. The first kappa shape index (κ1) is 34.0. The van der Waals surface area contributed by atoms with Crippen molar-refractivity contribution in [3.8, 4) is 0 Å². The minimum atomic E-state index is 0. The monoisotopic (exact) mass is 358 g/mol. The van der Waals surface area contributed by atoms with Crippen LogP contribution in [0.1, 0.15) is 85.5 Å². The third kappa shape index (κ3) is 86.1. The van der Waals surface area contributed by atoms with E-state index in [0.29, 0.717) is 26.4 Å². The summed E-state index contributed by atoms with van der Waals surface area (Å²) in [5.41, 5.74) is 0. The van der Waals surface area contributed by atoms with Crippen molar-refractivity contribution in [1.82, 2.24) is 0 Å². The summed E-state index contributed by atoms with van der Waals surface area (Å²) < 4.78 is 0. The second-order valence-corrected chi connectivity index (χ2v) is 4.66. The molecule has 0 aliphatic carbocycles. The molecule has 0 saturated heterocycles. The Morgan fingerprint density at radius 1 is 0.409 bits per heavy atom. The largest absolute Gasteiger partial charge is 0.396 e. The van der Waals surface area contributed by atoms with Gasteiger partial charge in [0.15, 0.2) is 0 Å². The topological polar surface area (TPSA) is 80.9 Å². The Morgan fingerprint density at radius 3 is 0.682 bits per heavy atom. The van der Waals surface area contributed by atoms with Crippen LogP contribution in [-0.2, 0) is 21.7 Å². The number of aliphatic hydroxyl groups is 4. The average molecular weight is 358 g/mol. The van der Waals surface area contributed by atoms with Crippen LogP contribution in [0.3, 0.4) is 0 Å². The maximum Gasteiger partial charge on any atom is 0.0431 e. The van der Waals surface area contributed by atoms with Gasteiger partial charge in [0, 0.05) is 48.1 Å². The molecule has 138 valence electrons. The van der Waals surface area contributed by atoms with Crippen LogP contribution in [0.15, 0.2) is 0 Å². The van der Waals surface area contributed by atoms with Gasteiger partial charge >= 0.3 is 0 Å². The van der Waals surface area contributed by atoms with Crippen molar-refractivity contribution >= 4 is 0 Å². The third-order valence-corrected chi connectivity index (χ3v) is 2.30. The van der Waals surface area contributed by atoms with Gasteiger partial charge in [-0.3, -0.25) is 0 Å². The van der Waals surface area contributed by atoms with Gasteiger partial charge in [-0.25, -0.2) is 0 Å². The number of rotatable bonds is 9. The van der Waals surface area contributed by atoms with Crippen LogP contribution < -0.4 is 0 Å². The Kier molecular flexibility index (Phi) is 76.6. The van der Waals surface area contributed by atoms with E-state index in [1.165, 1.54) is 6.42 Å². The molecule has 0 bridgehead atoms. The smallest absolute Gasteiger partial charge is 0.0431 e. The van der Waals surface area contributed by atoms with E-state index in [-0.39, 0.29) is 21.7 Å². The first-order valence-corrected chi connectivity index (χ1v) is 8.59. The maximum atomic E-state index is 8.20. The third-order valence-electron chi connectivity index (χ3n) is 2.30. The van der Waals surface area contributed by atoms with Gasteiger partial charge in [-0.05, 0) is 25.7 Å². The van der Waals surface area contributed by atoms with Crippen molar-refractivity contribution in [3.63, 3.8) is 0 Å². The number of aliphatic hydroxyl groups excluding tert-OH is 4. The molecule has 0 aliphatic heterocycles. The normalized spacial score (nSPS) is 8.18. The van der Waals surface area contributed by atoms with E-state index in [0.717, 1.165) is 51.4 Å². The molecule has 5 heteroatoms. The summed E-state index contributed by atoms with van der Waals surface area (Å²) in [5, 5.41) is 32.4. The molecular weight excluding hydrogens is 316 g/mol. The molecule has 0 saturated carbocycles. The van der Waals surface area contributed by atoms with E-state index in [1.54, 1.807) is 0 Å². The molecule has 0 aliphatic rings. The van der Waals surface area contributed by atoms with E-state index in [2.05, 4.69) is 27.7 Å². The van der Waals surface area contributed by atoms with Gasteiger partial charge in [0.1, 0.15) is 0 Å². The van der Waals surface area contributed by atoms with Gasteiger partial charge in [-0.15, -0.1) is 0 Å². The van der Waals surface area contributed by atoms with Crippen LogP contribution in [0, 0.1) is 0 Å². The zero-order valence-electron chi connectivity index (χ0n) is 15.5. The van der Waals surface area contributed by atoms with E-state index >= 15 is 0 Å². The summed E-state index contributed by atoms with van der Waals surface area (Å²) in [7, 11) is 0. The van der Waals surface area contributed by atoms with Gasteiger partial charge < -0.3 is 20.4 Å². The van der Waals surface area contributed by atoms with Crippen LogP contribution >= 0.6 is 0 Å². The molecule has 0 unspecified atom stereocenters. The summed E-state index contributed by atoms with van der Waals surface area (Å²) in [4.78, 5) is 0. The van der Waals surface area contributed by atoms with Crippen molar-refractivity contribution in [2.24, 2.45) is 0 Å². The minimum absolute atomic E-state index is 0. The molecule has 0 fully saturated rings. The Balaban J connectivity index is -0.0000000577. The Labute approximate surface area is 154 Å². The van der Waals surface area contributed by atoms with E-state index in [9.17, 15) is 0 Å². The summed E-state index contributed by atoms with van der Waals surface area (Å²) in [6, 6.07) is 0. The van der Waals surface area contributed by atoms with Crippen molar-refractivity contribution in [1.29, 1.82) is 0 Å². The van der Waals surface area contributed by atoms with E-state index in [4.69, 9.17) is 20.4 Å². The average Bonchev–Trinajstić information content (AvgIpc) is 2.49. The molecule has 0 spiro atoms. The van der Waals surface area contributed by atoms with Gasteiger partial charge in [-0.1, -0.05) is 59.8 Å². The molecule has 0 amide bonds. The molecule has 0 aromatic carbocycles. The Hall–Kier alpha value is 0.554. The van der Waals surface area contributed by atoms with Crippen LogP contribution in [0.4, 0.5) is 0 Å². The van der Waals surface area contributed by atoms with Crippen LogP contribution in [-0.4, -0.2) is 46.9 Å². The number of hydrogen-bond acceptors (Lipinski definition) is 4. The molecule has 0 atom stereocenters. The molecule has 0 radical (unpaired) electrons. The molecule has 4 nitrogen and oxygen atoms in total. The summed E-state index contributed by atoms with van der Waals surface area (Å²) >= 11 is 0. The molecular formula is C17H42O4Ti. The van der Waals surface area contributed by atoms with Gasteiger partial charge in [0.05, 0.1) is 0 Å². The summed E-state index contributed by atoms with van der Waals surface area (Å²) in [6.45, 7) is 9.66. The fourth-order valence-corrected chi connectivity index (χ4v) is 0.836. The Morgan fingerprint density at radius 2 is 0.636 bits per heavy atom. The number of unbranched alkanes of at least 4 members (excludes halogenated alkanes) is 5. The quantitative estimate of drug-likeness (QED) is 0.376. The van der Waals surface area contributed by atoms with E-state index in [1.807, 2.05) is 0 Å².